The first kappa shape index (κ1) is 12.3. The van der Waals surface area contributed by atoms with Gasteiger partial charge in [-0.1, -0.05) is 17.7 Å². The van der Waals surface area contributed by atoms with Crippen molar-refractivity contribution < 1.29 is 4.79 Å². The van der Waals surface area contributed by atoms with Gasteiger partial charge < -0.3 is 5.32 Å². The molecule has 4 heteroatoms. The summed E-state index contributed by atoms with van der Waals surface area (Å²) < 4.78 is 0.821. The number of rotatable bonds is 3. The van der Waals surface area contributed by atoms with Crippen LogP contribution in [0.5, 0.6) is 0 Å². The van der Waals surface area contributed by atoms with Gasteiger partial charge in [0.15, 0.2) is 0 Å². The predicted molar refractivity (Wildman–Crippen MR) is 67.3 cm³/mol. The molecule has 0 saturated heterocycles. The fourth-order valence-electron chi connectivity index (χ4n) is 1.07. The van der Waals surface area contributed by atoms with Gasteiger partial charge in [-0.25, -0.2) is 0 Å². The number of nitrogens with one attached hydrogen (secondary N) is 1. The Hall–Kier alpha value is -0.800. The maximum Gasteiger partial charge on any atom is 0.228 e. The number of carbonyl (C=O) groups excluding carboxylic acids is 1. The maximum absolute atomic E-state index is 11.3. The van der Waals surface area contributed by atoms with Crippen molar-refractivity contribution in [3.8, 4) is 0 Å². The zero-order chi connectivity index (χ0) is 11.4. The zero-order valence-corrected chi connectivity index (χ0v) is 10.7. The molecule has 0 spiro atoms. The molecule has 0 aliphatic heterocycles. The van der Waals surface area contributed by atoms with E-state index in [4.69, 9.17) is 11.6 Å². The number of halogens is 2. The number of aryl methyl sites for hydroxylation is 1. The van der Waals surface area contributed by atoms with Crippen molar-refractivity contribution in [2.75, 3.05) is 5.32 Å². The minimum absolute atomic E-state index is 0.106. The lowest BCUT2D eigenvalue weighted by molar-refractivity contribution is -0.115. The molecular weight excluding hydrogens is 277 g/mol. The average Bonchev–Trinajstić information content (AvgIpc) is 2.14. The first-order valence-electron chi connectivity index (χ1n) is 4.41. The third kappa shape index (κ3) is 3.36. The summed E-state index contributed by atoms with van der Waals surface area (Å²) in [7, 11) is 0. The van der Waals surface area contributed by atoms with E-state index in [1.165, 1.54) is 0 Å². The lowest BCUT2D eigenvalue weighted by atomic mass is 10.2. The van der Waals surface area contributed by atoms with E-state index in [2.05, 4.69) is 27.8 Å². The first-order valence-corrected chi connectivity index (χ1v) is 5.58. The van der Waals surface area contributed by atoms with Crippen LogP contribution in [0.15, 0.2) is 29.3 Å². The SMILES string of the molecule is C=CCC(=O)Nc1cc(Cl)c(C)cc1Br. The minimum Gasteiger partial charge on any atom is -0.325 e. The number of benzene rings is 1. The van der Waals surface area contributed by atoms with Crippen LogP contribution in [0.1, 0.15) is 12.0 Å². The monoisotopic (exact) mass is 287 g/mol. The molecule has 0 fully saturated rings. The van der Waals surface area contributed by atoms with Crippen molar-refractivity contribution in [3.63, 3.8) is 0 Å². The first-order chi connectivity index (χ1) is 7.04. The molecule has 15 heavy (non-hydrogen) atoms. The van der Waals surface area contributed by atoms with Gasteiger partial charge >= 0.3 is 0 Å². The molecule has 0 saturated carbocycles. The zero-order valence-electron chi connectivity index (χ0n) is 8.31. The summed E-state index contributed by atoms with van der Waals surface area (Å²) in [5, 5.41) is 3.37. The standard InChI is InChI=1S/C11H11BrClNO/c1-3-4-11(15)14-10-6-9(13)7(2)5-8(10)12/h3,5-6H,1,4H2,2H3,(H,14,15). The number of hydrogen-bond acceptors (Lipinski definition) is 1. The van der Waals surface area contributed by atoms with Crippen LogP contribution in [-0.2, 0) is 4.79 Å². The van der Waals surface area contributed by atoms with E-state index in [1.807, 2.05) is 13.0 Å². The maximum atomic E-state index is 11.3. The predicted octanol–water partition coefficient (Wildman–Crippen LogP) is 3.93. The highest BCUT2D eigenvalue weighted by Crippen LogP contribution is 2.29. The average molecular weight is 289 g/mol. The van der Waals surface area contributed by atoms with Crippen LogP contribution in [0, 0.1) is 6.92 Å². The lowest BCUT2D eigenvalue weighted by Crippen LogP contribution is -2.10. The van der Waals surface area contributed by atoms with E-state index in [-0.39, 0.29) is 12.3 Å². The number of anilines is 1. The van der Waals surface area contributed by atoms with Crippen LogP contribution in [-0.4, -0.2) is 5.91 Å². The Morgan fingerprint density at radius 2 is 2.33 bits per heavy atom. The summed E-state index contributed by atoms with van der Waals surface area (Å²) in [6.07, 6.45) is 1.84. The molecule has 1 aromatic carbocycles. The molecular formula is C11H11BrClNO. The van der Waals surface area contributed by atoms with Gasteiger partial charge in [0.1, 0.15) is 0 Å². The minimum atomic E-state index is -0.106. The summed E-state index contributed by atoms with van der Waals surface area (Å²) >= 11 is 9.32. The number of hydrogen-bond donors (Lipinski definition) is 1. The van der Waals surface area contributed by atoms with Crippen LogP contribution in [0.3, 0.4) is 0 Å². The Morgan fingerprint density at radius 1 is 1.67 bits per heavy atom. The largest absolute Gasteiger partial charge is 0.325 e. The Kier molecular flexibility index (Phi) is 4.36. The normalized spacial score (nSPS) is 9.80. The van der Waals surface area contributed by atoms with Gasteiger partial charge in [-0.3, -0.25) is 4.79 Å². The van der Waals surface area contributed by atoms with Gasteiger partial charge in [-0.05, 0) is 40.5 Å². The van der Waals surface area contributed by atoms with E-state index in [0.717, 1.165) is 10.0 Å². The second-order valence-corrected chi connectivity index (χ2v) is 4.38. The third-order valence-corrected chi connectivity index (χ3v) is 2.92. The van der Waals surface area contributed by atoms with Crippen LogP contribution in [0.4, 0.5) is 5.69 Å². The Morgan fingerprint density at radius 3 is 2.93 bits per heavy atom. The molecule has 0 bridgehead atoms. The fraction of sp³-hybridized carbons (Fsp3) is 0.182. The van der Waals surface area contributed by atoms with Gasteiger partial charge in [-0.15, -0.1) is 6.58 Å². The summed E-state index contributed by atoms with van der Waals surface area (Å²) in [4.78, 5) is 11.3. The van der Waals surface area contributed by atoms with Crippen molar-refractivity contribution in [2.24, 2.45) is 0 Å². The number of carbonyl (C=O) groups is 1. The molecule has 0 aliphatic rings. The van der Waals surface area contributed by atoms with Crippen molar-refractivity contribution >= 4 is 39.1 Å². The topological polar surface area (TPSA) is 29.1 Å². The van der Waals surface area contributed by atoms with Crippen LogP contribution in [0.2, 0.25) is 5.02 Å². The smallest absolute Gasteiger partial charge is 0.228 e. The molecule has 0 aromatic heterocycles. The molecule has 1 rings (SSSR count). The summed E-state index contributed by atoms with van der Waals surface area (Å²) in [5.41, 5.74) is 1.64. The highest BCUT2D eigenvalue weighted by Gasteiger charge is 2.06. The van der Waals surface area contributed by atoms with Crippen molar-refractivity contribution in [1.82, 2.24) is 0 Å². The van der Waals surface area contributed by atoms with Gasteiger partial charge in [0.25, 0.3) is 0 Å². The third-order valence-electron chi connectivity index (χ3n) is 1.85. The number of amides is 1. The van der Waals surface area contributed by atoms with Gasteiger partial charge in [0, 0.05) is 15.9 Å². The van der Waals surface area contributed by atoms with Crippen LogP contribution < -0.4 is 5.32 Å². The Bertz CT molecular complexity index is 404. The quantitative estimate of drug-likeness (QED) is 0.839. The van der Waals surface area contributed by atoms with Gasteiger partial charge in [0.2, 0.25) is 5.91 Å². The van der Waals surface area contributed by atoms with Crippen molar-refractivity contribution in [1.29, 1.82) is 0 Å². The van der Waals surface area contributed by atoms with Crippen LogP contribution >= 0.6 is 27.5 Å². The highest BCUT2D eigenvalue weighted by atomic mass is 79.9. The molecule has 0 aliphatic carbocycles. The molecule has 2 nitrogen and oxygen atoms in total. The van der Waals surface area contributed by atoms with E-state index in [0.29, 0.717) is 10.7 Å². The summed E-state index contributed by atoms with van der Waals surface area (Å²) in [6.45, 7) is 5.40. The van der Waals surface area contributed by atoms with E-state index in [9.17, 15) is 4.79 Å². The highest BCUT2D eigenvalue weighted by molar-refractivity contribution is 9.10. The molecule has 0 unspecified atom stereocenters. The van der Waals surface area contributed by atoms with Crippen LogP contribution in [0.25, 0.3) is 0 Å². The molecule has 0 radical (unpaired) electrons. The molecule has 1 N–H and O–H groups in total. The second-order valence-electron chi connectivity index (χ2n) is 3.12. The Labute approximate surface area is 102 Å². The fourth-order valence-corrected chi connectivity index (χ4v) is 1.80. The molecule has 0 atom stereocenters. The van der Waals surface area contributed by atoms with E-state index >= 15 is 0 Å². The van der Waals surface area contributed by atoms with Crippen molar-refractivity contribution in [2.45, 2.75) is 13.3 Å². The van der Waals surface area contributed by atoms with Crippen molar-refractivity contribution in [3.05, 3.63) is 39.8 Å². The molecule has 1 amide bonds. The molecule has 80 valence electrons. The summed E-state index contributed by atoms with van der Waals surface area (Å²) in [6, 6.07) is 3.59. The summed E-state index contributed by atoms with van der Waals surface area (Å²) in [5.74, 6) is -0.106. The van der Waals surface area contributed by atoms with E-state index < -0.39 is 0 Å². The van der Waals surface area contributed by atoms with Gasteiger partial charge in [0.05, 0.1) is 5.69 Å². The van der Waals surface area contributed by atoms with E-state index in [1.54, 1.807) is 12.1 Å². The molecule has 0 heterocycles. The lowest BCUT2D eigenvalue weighted by Gasteiger charge is -2.08. The Balaban J connectivity index is 2.90. The molecule has 1 aromatic rings. The second kappa shape index (κ2) is 5.33. The van der Waals surface area contributed by atoms with Gasteiger partial charge in [-0.2, -0.15) is 0 Å².